The van der Waals surface area contributed by atoms with Crippen molar-refractivity contribution in [3.05, 3.63) is 42.5 Å². The van der Waals surface area contributed by atoms with Gasteiger partial charge in [-0.3, -0.25) is 0 Å². The van der Waals surface area contributed by atoms with Crippen molar-refractivity contribution in [1.29, 1.82) is 0 Å². The molecule has 0 fully saturated rings. The van der Waals surface area contributed by atoms with Crippen LogP contribution in [-0.2, 0) is 0 Å². The van der Waals surface area contributed by atoms with E-state index in [4.69, 9.17) is 4.74 Å². The second-order valence-electron chi connectivity index (χ2n) is 4.48. The number of ether oxygens (including phenoxy) is 1. The number of phenolic OH excluding ortho intramolecular Hbond substituents is 1. The summed E-state index contributed by atoms with van der Waals surface area (Å²) in [5.41, 5.74) is 1.12. The van der Waals surface area contributed by atoms with Crippen LogP contribution in [-0.4, -0.2) is 20.1 Å². The van der Waals surface area contributed by atoms with Gasteiger partial charge >= 0.3 is 0 Å². The van der Waals surface area contributed by atoms with E-state index >= 15 is 0 Å². The standard InChI is InChI=1S/C15H13BO2/c1-18-15-11-5-3-2-4-10(11)14(17)13-8-9(16)6-7-12(13)15/h2-8,17H,16H2,1H3. The highest BCUT2D eigenvalue weighted by Gasteiger charge is 2.13. The molecule has 0 saturated carbocycles. The Labute approximate surface area is 106 Å². The lowest BCUT2D eigenvalue weighted by Gasteiger charge is -2.12. The van der Waals surface area contributed by atoms with Gasteiger partial charge in [0.1, 0.15) is 19.3 Å². The van der Waals surface area contributed by atoms with Crippen LogP contribution in [0.4, 0.5) is 0 Å². The molecule has 0 aliphatic carbocycles. The van der Waals surface area contributed by atoms with E-state index in [1.165, 1.54) is 0 Å². The van der Waals surface area contributed by atoms with Crippen LogP contribution < -0.4 is 10.2 Å². The summed E-state index contributed by atoms with van der Waals surface area (Å²) in [5.74, 6) is 1.14. The Morgan fingerprint density at radius 3 is 2.33 bits per heavy atom. The van der Waals surface area contributed by atoms with Crippen molar-refractivity contribution in [2.45, 2.75) is 0 Å². The maximum atomic E-state index is 10.4. The maximum Gasteiger partial charge on any atom is 0.139 e. The van der Waals surface area contributed by atoms with Crippen molar-refractivity contribution < 1.29 is 9.84 Å². The van der Waals surface area contributed by atoms with Crippen molar-refractivity contribution in [2.75, 3.05) is 7.11 Å². The van der Waals surface area contributed by atoms with Gasteiger partial charge in [0.2, 0.25) is 0 Å². The van der Waals surface area contributed by atoms with Gasteiger partial charge in [-0.25, -0.2) is 0 Å². The van der Waals surface area contributed by atoms with E-state index in [1.54, 1.807) is 7.11 Å². The Morgan fingerprint density at radius 1 is 0.944 bits per heavy atom. The summed E-state index contributed by atoms with van der Waals surface area (Å²) in [5, 5.41) is 13.9. The highest BCUT2D eigenvalue weighted by molar-refractivity contribution is 6.33. The van der Waals surface area contributed by atoms with E-state index in [-0.39, 0.29) is 0 Å². The van der Waals surface area contributed by atoms with Gasteiger partial charge in [0.15, 0.2) is 0 Å². The molecule has 0 saturated heterocycles. The molecule has 88 valence electrons. The quantitative estimate of drug-likeness (QED) is 0.517. The lowest BCUT2D eigenvalue weighted by Crippen LogP contribution is -2.00. The van der Waals surface area contributed by atoms with E-state index in [0.717, 1.165) is 32.8 Å². The number of fused-ring (bicyclic) bond motifs is 2. The van der Waals surface area contributed by atoms with Gasteiger partial charge in [-0.2, -0.15) is 0 Å². The number of hydrogen-bond donors (Lipinski definition) is 1. The molecule has 3 heteroatoms. The van der Waals surface area contributed by atoms with Crippen LogP contribution in [0.1, 0.15) is 0 Å². The minimum Gasteiger partial charge on any atom is -0.507 e. The third-order valence-corrected chi connectivity index (χ3v) is 3.31. The molecule has 1 N–H and O–H groups in total. The second-order valence-corrected chi connectivity index (χ2v) is 4.48. The fraction of sp³-hybridized carbons (Fsp3) is 0.0667. The molecule has 3 rings (SSSR count). The summed E-state index contributed by atoms with van der Waals surface area (Å²) in [7, 11) is 3.68. The van der Waals surface area contributed by atoms with Gasteiger partial charge in [-0.1, -0.05) is 47.9 Å². The van der Waals surface area contributed by atoms with Crippen molar-refractivity contribution in [1.82, 2.24) is 0 Å². The molecular formula is C15H13BO2. The lowest BCUT2D eigenvalue weighted by molar-refractivity contribution is 0.424. The average molecular weight is 236 g/mol. The minimum absolute atomic E-state index is 0.324. The largest absolute Gasteiger partial charge is 0.507 e. The Morgan fingerprint density at radius 2 is 1.61 bits per heavy atom. The molecular weight excluding hydrogens is 223 g/mol. The van der Waals surface area contributed by atoms with Crippen molar-refractivity contribution >= 4 is 34.9 Å². The third-order valence-electron chi connectivity index (χ3n) is 3.31. The smallest absolute Gasteiger partial charge is 0.139 e. The zero-order chi connectivity index (χ0) is 12.7. The Hall–Kier alpha value is -2.16. The Kier molecular flexibility index (Phi) is 2.41. The van der Waals surface area contributed by atoms with Gasteiger partial charge < -0.3 is 9.84 Å². The molecule has 0 amide bonds. The maximum absolute atomic E-state index is 10.4. The molecule has 0 aromatic heterocycles. The van der Waals surface area contributed by atoms with Crippen LogP contribution >= 0.6 is 0 Å². The normalized spacial score (nSPS) is 10.9. The average Bonchev–Trinajstić information content (AvgIpc) is 2.40. The van der Waals surface area contributed by atoms with Crippen LogP contribution in [0.15, 0.2) is 42.5 Å². The number of benzene rings is 3. The van der Waals surface area contributed by atoms with Gasteiger partial charge in [-0.15, -0.1) is 0 Å². The predicted molar refractivity (Wildman–Crippen MR) is 77.8 cm³/mol. The van der Waals surface area contributed by atoms with Crippen LogP contribution in [0.5, 0.6) is 11.5 Å². The number of hydrogen-bond acceptors (Lipinski definition) is 2. The van der Waals surface area contributed by atoms with Crippen molar-refractivity contribution in [3.8, 4) is 11.5 Å². The third kappa shape index (κ3) is 1.44. The molecule has 18 heavy (non-hydrogen) atoms. The number of rotatable bonds is 1. The van der Waals surface area contributed by atoms with E-state index in [9.17, 15) is 5.11 Å². The second kappa shape index (κ2) is 3.95. The molecule has 0 bridgehead atoms. The summed E-state index contributed by atoms with van der Waals surface area (Å²) >= 11 is 0. The monoisotopic (exact) mass is 236 g/mol. The molecule has 0 aliphatic heterocycles. The number of phenols is 1. The first kappa shape index (κ1) is 11.0. The Bertz CT molecular complexity index is 750. The molecule has 0 aliphatic rings. The molecule has 3 aromatic rings. The topological polar surface area (TPSA) is 29.5 Å². The minimum atomic E-state index is 0.324. The van der Waals surface area contributed by atoms with E-state index in [0.29, 0.717) is 5.75 Å². The van der Waals surface area contributed by atoms with Crippen LogP contribution in [0.3, 0.4) is 0 Å². The van der Waals surface area contributed by atoms with Gasteiger partial charge in [0.05, 0.1) is 7.11 Å². The molecule has 0 heterocycles. The van der Waals surface area contributed by atoms with Gasteiger partial charge in [-0.05, 0) is 0 Å². The molecule has 0 unspecified atom stereocenters. The molecule has 2 nitrogen and oxygen atoms in total. The fourth-order valence-electron chi connectivity index (χ4n) is 2.45. The van der Waals surface area contributed by atoms with Crippen LogP contribution in [0, 0.1) is 0 Å². The first-order valence-corrected chi connectivity index (χ1v) is 5.90. The summed E-state index contributed by atoms with van der Waals surface area (Å²) in [6, 6.07) is 13.8. The van der Waals surface area contributed by atoms with E-state index in [1.807, 2.05) is 50.3 Å². The zero-order valence-electron chi connectivity index (χ0n) is 10.4. The van der Waals surface area contributed by atoms with Crippen molar-refractivity contribution in [2.24, 2.45) is 0 Å². The van der Waals surface area contributed by atoms with E-state index < -0.39 is 0 Å². The summed E-state index contributed by atoms with van der Waals surface area (Å²) in [6.07, 6.45) is 0. The van der Waals surface area contributed by atoms with Crippen LogP contribution in [0.2, 0.25) is 0 Å². The van der Waals surface area contributed by atoms with Crippen molar-refractivity contribution in [3.63, 3.8) is 0 Å². The number of methoxy groups -OCH3 is 1. The molecule has 3 aromatic carbocycles. The molecule has 0 atom stereocenters. The lowest BCUT2D eigenvalue weighted by atomic mass is 9.91. The Balaban J connectivity index is 2.61. The first-order chi connectivity index (χ1) is 8.72. The zero-order valence-corrected chi connectivity index (χ0v) is 10.4. The SMILES string of the molecule is Bc1ccc2c(OC)c3ccccc3c(O)c2c1. The predicted octanol–water partition coefficient (Wildman–Crippen LogP) is 1.97. The first-order valence-electron chi connectivity index (χ1n) is 5.90. The molecule has 0 radical (unpaired) electrons. The summed E-state index contributed by atoms with van der Waals surface area (Å²) in [4.78, 5) is 0. The number of aromatic hydroxyl groups is 1. The summed E-state index contributed by atoms with van der Waals surface area (Å²) < 4.78 is 5.52. The molecule has 0 spiro atoms. The van der Waals surface area contributed by atoms with Crippen LogP contribution in [0.25, 0.3) is 21.5 Å². The highest BCUT2D eigenvalue weighted by atomic mass is 16.5. The van der Waals surface area contributed by atoms with Gasteiger partial charge in [0.25, 0.3) is 0 Å². The van der Waals surface area contributed by atoms with Gasteiger partial charge in [0, 0.05) is 21.5 Å². The fourth-order valence-corrected chi connectivity index (χ4v) is 2.45. The van der Waals surface area contributed by atoms with E-state index in [2.05, 4.69) is 0 Å². The highest BCUT2D eigenvalue weighted by Crippen LogP contribution is 2.41. The summed E-state index contributed by atoms with van der Waals surface area (Å²) in [6.45, 7) is 0.